The molecule has 1 amide bonds. The van der Waals surface area contributed by atoms with Crippen molar-refractivity contribution < 1.29 is 29.7 Å². The van der Waals surface area contributed by atoms with Crippen LogP contribution in [0.4, 0.5) is 0 Å². The number of phenols is 1. The SMILES string of the molecule is CCCC(C(C(=O)O)C(=O)O)N1C(=O)/C(=C\c2ccc(O)c(C(C)(C)C)c2)SC1=S. The fourth-order valence-electron chi connectivity index (χ4n) is 3.34. The summed E-state index contributed by atoms with van der Waals surface area (Å²) in [7, 11) is 0. The molecule has 1 unspecified atom stereocenters. The third-order valence-corrected chi connectivity index (χ3v) is 6.11. The van der Waals surface area contributed by atoms with E-state index in [0.717, 1.165) is 16.7 Å². The van der Waals surface area contributed by atoms with Crippen molar-refractivity contribution in [1.82, 2.24) is 4.90 Å². The molecule has 0 aromatic heterocycles. The fourth-order valence-corrected chi connectivity index (χ4v) is 4.71. The molecule has 1 fully saturated rings. The molecule has 0 saturated carbocycles. The maximum Gasteiger partial charge on any atom is 0.320 e. The number of rotatable bonds is 7. The van der Waals surface area contributed by atoms with Crippen molar-refractivity contribution in [3.8, 4) is 5.75 Å². The number of thioether (sulfide) groups is 1. The van der Waals surface area contributed by atoms with E-state index in [2.05, 4.69) is 0 Å². The number of carboxylic acid groups (broad SMARTS) is 2. The monoisotopic (exact) mass is 451 g/mol. The first-order valence-corrected chi connectivity index (χ1v) is 10.7. The topological polar surface area (TPSA) is 115 Å². The zero-order valence-electron chi connectivity index (χ0n) is 17.2. The second-order valence-electron chi connectivity index (χ2n) is 8.09. The van der Waals surface area contributed by atoms with E-state index in [0.29, 0.717) is 17.5 Å². The van der Waals surface area contributed by atoms with Crippen molar-refractivity contribution in [1.29, 1.82) is 0 Å². The first-order valence-electron chi connectivity index (χ1n) is 9.44. The first-order chi connectivity index (χ1) is 13.9. The molecule has 0 bridgehead atoms. The van der Waals surface area contributed by atoms with Gasteiger partial charge in [-0.2, -0.15) is 0 Å². The van der Waals surface area contributed by atoms with Gasteiger partial charge in [-0.25, -0.2) is 0 Å². The summed E-state index contributed by atoms with van der Waals surface area (Å²) >= 11 is 6.31. The van der Waals surface area contributed by atoms with Crippen molar-refractivity contribution in [2.45, 2.75) is 52.0 Å². The molecule has 1 aromatic rings. The van der Waals surface area contributed by atoms with Crippen LogP contribution in [0, 0.1) is 5.92 Å². The van der Waals surface area contributed by atoms with Gasteiger partial charge in [-0.1, -0.05) is 64.2 Å². The third kappa shape index (κ3) is 5.02. The van der Waals surface area contributed by atoms with Crippen LogP contribution in [-0.2, 0) is 19.8 Å². The third-order valence-electron chi connectivity index (χ3n) is 4.78. The molecule has 162 valence electrons. The zero-order chi connectivity index (χ0) is 22.8. The van der Waals surface area contributed by atoms with Gasteiger partial charge >= 0.3 is 11.9 Å². The Kier molecular flexibility index (Phi) is 7.31. The van der Waals surface area contributed by atoms with Gasteiger partial charge in [0.25, 0.3) is 5.91 Å². The van der Waals surface area contributed by atoms with Crippen LogP contribution in [-0.4, -0.2) is 48.4 Å². The maximum atomic E-state index is 13.0. The summed E-state index contributed by atoms with van der Waals surface area (Å²) in [6, 6.07) is 3.92. The molecule has 1 aliphatic rings. The lowest BCUT2D eigenvalue weighted by molar-refractivity contribution is -0.157. The molecule has 1 saturated heterocycles. The Morgan fingerprint density at radius 2 is 1.83 bits per heavy atom. The summed E-state index contributed by atoms with van der Waals surface area (Å²) in [4.78, 5) is 37.6. The number of carbonyl (C=O) groups excluding carboxylic acids is 1. The molecule has 30 heavy (non-hydrogen) atoms. The lowest BCUT2D eigenvalue weighted by Gasteiger charge is -2.29. The largest absolute Gasteiger partial charge is 0.508 e. The second-order valence-corrected chi connectivity index (χ2v) is 9.76. The molecule has 1 atom stereocenters. The lowest BCUT2D eigenvalue weighted by atomic mass is 9.85. The summed E-state index contributed by atoms with van der Waals surface area (Å²) in [5, 5.41) is 28.9. The van der Waals surface area contributed by atoms with Gasteiger partial charge in [0.2, 0.25) is 0 Å². The summed E-state index contributed by atoms with van der Waals surface area (Å²) in [5.41, 5.74) is 1.08. The standard InChI is InChI=1S/C21H25NO6S2/c1-5-6-13(16(18(25)26)19(27)28)22-17(24)15(30-20(22)29)10-11-7-8-14(23)12(9-11)21(2,3)4/h7-10,13,16,23H,5-6H2,1-4H3,(H,25,26)(H,27,28)/b15-10+. The maximum absolute atomic E-state index is 13.0. The highest BCUT2D eigenvalue weighted by Gasteiger charge is 2.45. The molecule has 1 heterocycles. The number of carbonyl (C=O) groups is 3. The number of benzene rings is 1. The van der Waals surface area contributed by atoms with Crippen LogP contribution in [0.15, 0.2) is 23.1 Å². The minimum atomic E-state index is -1.77. The molecular weight excluding hydrogens is 426 g/mol. The number of amides is 1. The Morgan fingerprint density at radius 1 is 1.23 bits per heavy atom. The van der Waals surface area contributed by atoms with Gasteiger partial charge in [0.1, 0.15) is 10.1 Å². The number of hydrogen-bond donors (Lipinski definition) is 3. The number of thiocarbonyl (C=S) groups is 1. The van der Waals surface area contributed by atoms with Gasteiger partial charge in [0.15, 0.2) is 5.92 Å². The molecule has 1 aromatic carbocycles. The summed E-state index contributed by atoms with van der Waals surface area (Å²) < 4.78 is 0.132. The predicted molar refractivity (Wildman–Crippen MR) is 119 cm³/mol. The van der Waals surface area contributed by atoms with Crippen LogP contribution >= 0.6 is 24.0 Å². The van der Waals surface area contributed by atoms with Gasteiger partial charge in [-0.15, -0.1) is 0 Å². The number of phenolic OH excluding ortho intramolecular Hbond substituents is 1. The highest BCUT2D eigenvalue weighted by atomic mass is 32.2. The molecule has 2 rings (SSSR count). The van der Waals surface area contributed by atoms with Crippen molar-refractivity contribution in [2.75, 3.05) is 0 Å². The predicted octanol–water partition coefficient (Wildman–Crippen LogP) is 3.85. The smallest absolute Gasteiger partial charge is 0.320 e. The number of hydrogen-bond acceptors (Lipinski definition) is 6. The highest BCUT2D eigenvalue weighted by molar-refractivity contribution is 8.26. The second kappa shape index (κ2) is 9.18. The van der Waals surface area contributed by atoms with Crippen LogP contribution in [0.3, 0.4) is 0 Å². The van der Waals surface area contributed by atoms with Crippen molar-refractivity contribution in [2.24, 2.45) is 5.92 Å². The van der Waals surface area contributed by atoms with E-state index >= 15 is 0 Å². The van der Waals surface area contributed by atoms with Crippen molar-refractivity contribution in [3.05, 3.63) is 34.2 Å². The van der Waals surface area contributed by atoms with Crippen LogP contribution < -0.4 is 0 Å². The van der Waals surface area contributed by atoms with Crippen LogP contribution in [0.5, 0.6) is 5.75 Å². The molecule has 9 heteroatoms. The number of aromatic hydroxyl groups is 1. The average molecular weight is 452 g/mol. The number of carboxylic acids is 2. The van der Waals surface area contributed by atoms with Gasteiger partial charge in [-0.05, 0) is 41.2 Å². The summed E-state index contributed by atoms with van der Waals surface area (Å²) in [6.45, 7) is 7.65. The Morgan fingerprint density at radius 3 is 2.33 bits per heavy atom. The zero-order valence-corrected chi connectivity index (χ0v) is 18.8. The van der Waals surface area contributed by atoms with Crippen molar-refractivity contribution in [3.63, 3.8) is 0 Å². The highest BCUT2D eigenvalue weighted by Crippen LogP contribution is 2.38. The van der Waals surface area contributed by atoms with Crippen molar-refractivity contribution >= 4 is 52.2 Å². The van der Waals surface area contributed by atoms with Crippen LogP contribution in [0.2, 0.25) is 0 Å². The van der Waals surface area contributed by atoms with E-state index in [4.69, 9.17) is 12.2 Å². The van der Waals surface area contributed by atoms with E-state index < -0.39 is 29.8 Å². The normalized spacial score (nSPS) is 17.1. The molecule has 0 radical (unpaired) electrons. The minimum Gasteiger partial charge on any atom is -0.508 e. The van der Waals surface area contributed by atoms with E-state index in [1.807, 2.05) is 20.8 Å². The molecule has 7 nitrogen and oxygen atoms in total. The van der Waals surface area contributed by atoms with Crippen LogP contribution in [0.25, 0.3) is 6.08 Å². The van der Waals surface area contributed by atoms with E-state index in [1.165, 1.54) is 0 Å². The van der Waals surface area contributed by atoms with E-state index in [1.54, 1.807) is 31.2 Å². The molecular formula is C21H25NO6S2. The van der Waals surface area contributed by atoms with E-state index in [-0.39, 0.29) is 26.8 Å². The van der Waals surface area contributed by atoms with Gasteiger partial charge in [0, 0.05) is 0 Å². The van der Waals surface area contributed by atoms with Gasteiger partial charge in [0.05, 0.1) is 10.9 Å². The Labute approximate surface area is 184 Å². The first kappa shape index (κ1) is 23.9. The summed E-state index contributed by atoms with van der Waals surface area (Å²) in [5.74, 6) is -5.14. The molecule has 0 aliphatic carbocycles. The average Bonchev–Trinajstić information content (AvgIpc) is 2.88. The van der Waals surface area contributed by atoms with E-state index in [9.17, 15) is 29.7 Å². The van der Waals surface area contributed by atoms with Crippen LogP contribution in [0.1, 0.15) is 51.7 Å². The number of nitrogens with zero attached hydrogens (tertiary/aromatic N) is 1. The lowest BCUT2D eigenvalue weighted by Crippen LogP contribution is -2.48. The van der Waals surface area contributed by atoms with Gasteiger partial charge in [-0.3, -0.25) is 19.3 Å². The molecule has 3 N–H and O–H groups in total. The molecule has 0 spiro atoms. The fraction of sp³-hybridized carbons (Fsp3) is 0.429. The minimum absolute atomic E-state index is 0.132. The Bertz CT molecular complexity index is 905. The van der Waals surface area contributed by atoms with Gasteiger partial charge < -0.3 is 15.3 Å². The molecule has 1 aliphatic heterocycles. The Balaban J connectivity index is 2.44. The number of aliphatic carboxylic acids is 2. The Hall–Kier alpha value is -2.39. The summed E-state index contributed by atoms with van der Waals surface area (Å²) in [6.07, 6.45) is 2.30. The quantitative estimate of drug-likeness (QED) is 0.325.